The lowest BCUT2D eigenvalue weighted by atomic mass is 10.2. The summed E-state index contributed by atoms with van der Waals surface area (Å²) >= 11 is 0. The van der Waals surface area contributed by atoms with Gasteiger partial charge in [0, 0.05) is 30.9 Å². The minimum atomic E-state index is 0.634. The lowest BCUT2D eigenvalue weighted by molar-refractivity contribution is 0.353. The molecule has 4 nitrogen and oxygen atoms in total. The molecular weight excluding hydrogens is 260 g/mol. The largest absolute Gasteiger partial charge is 0.245 e. The molecule has 0 bridgehead atoms. The lowest BCUT2D eigenvalue weighted by Crippen LogP contribution is -2.37. The number of benzene rings is 1. The number of hydrogen-bond donors (Lipinski definition) is 0. The van der Waals surface area contributed by atoms with Crippen LogP contribution in [-0.2, 0) is 0 Å². The fraction of sp³-hybridized carbons (Fsp3) is 0.412. The van der Waals surface area contributed by atoms with Crippen LogP contribution in [0.4, 0.5) is 11.6 Å². The Morgan fingerprint density at radius 3 is 2.48 bits per heavy atom. The molecule has 0 atom stereocenters. The molecule has 1 saturated carbocycles. The van der Waals surface area contributed by atoms with Crippen LogP contribution in [0.25, 0.3) is 0 Å². The van der Waals surface area contributed by atoms with Crippen molar-refractivity contribution in [2.45, 2.75) is 32.6 Å². The van der Waals surface area contributed by atoms with E-state index in [1.54, 1.807) is 0 Å². The van der Waals surface area contributed by atoms with Crippen molar-refractivity contribution in [3.63, 3.8) is 0 Å². The summed E-state index contributed by atoms with van der Waals surface area (Å²) in [6.45, 7) is 5.07. The van der Waals surface area contributed by atoms with Gasteiger partial charge in [0.1, 0.15) is 0 Å². The van der Waals surface area contributed by atoms with Crippen LogP contribution < -0.4 is 5.01 Å². The van der Waals surface area contributed by atoms with Gasteiger partial charge >= 0.3 is 0 Å². The van der Waals surface area contributed by atoms with Gasteiger partial charge in [0.2, 0.25) is 5.95 Å². The molecule has 0 N–H and O–H groups in total. The van der Waals surface area contributed by atoms with E-state index in [0.29, 0.717) is 5.92 Å². The molecule has 0 radical (unpaired) electrons. The molecule has 110 valence electrons. The molecule has 3 rings (SSSR count). The standard InChI is InChI=1S/C17H22N4/c1-4-20(3)21(15-8-6-5-7-9-15)17-18-13(2)12-16(19-17)14-10-11-14/h5-9,12,14H,4,10-11H2,1-3H3. The highest BCUT2D eigenvalue weighted by molar-refractivity contribution is 5.55. The van der Waals surface area contributed by atoms with Crippen LogP contribution in [-0.4, -0.2) is 28.6 Å². The Balaban J connectivity index is 2.04. The van der Waals surface area contributed by atoms with E-state index < -0.39 is 0 Å². The summed E-state index contributed by atoms with van der Waals surface area (Å²) in [4.78, 5) is 9.48. The van der Waals surface area contributed by atoms with Crippen molar-refractivity contribution in [2.75, 3.05) is 18.6 Å². The monoisotopic (exact) mass is 282 g/mol. The smallest absolute Gasteiger partial charge is 0.241 e. The van der Waals surface area contributed by atoms with E-state index in [1.165, 1.54) is 18.5 Å². The molecule has 0 unspecified atom stereocenters. The Hall–Kier alpha value is -1.94. The number of aromatic nitrogens is 2. The van der Waals surface area contributed by atoms with E-state index in [1.807, 2.05) is 25.1 Å². The van der Waals surface area contributed by atoms with Gasteiger partial charge in [0.15, 0.2) is 0 Å². The fourth-order valence-corrected chi connectivity index (χ4v) is 2.44. The topological polar surface area (TPSA) is 32.3 Å². The molecule has 1 fully saturated rings. The Bertz CT molecular complexity index is 607. The third-order valence-electron chi connectivity index (χ3n) is 3.85. The van der Waals surface area contributed by atoms with Gasteiger partial charge < -0.3 is 0 Å². The lowest BCUT2D eigenvalue weighted by Gasteiger charge is -2.31. The minimum absolute atomic E-state index is 0.634. The molecule has 21 heavy (non-hydrogen) atoms. The van der Waals surface area contributed by atoms with Gasteiger partial charge in [-0.25, -0.2) is 20.0 Å². The maximum Gasteiger partial charge on any atom is 0.245 e. The molecule has 4 heteroatoms. The molecule has 2 aromatic rings. The van der Waals surface area contributed by atoms with Crippen molar-refractivity contribution in [2.24, 2.45) is 0 Å². The van der Waals surface area contributed by atoms with Gasteiger partial charge in [-0.1, -0.05) is 25.1 Å². The second-order valence-corrected chi connectivity index (χ2v) is 5.63. The van der Waals surface area contributed by atoms with E-state index in [0.717, 1.165) is 23.9 Å². The van der Waals surface area contributed by atoms with E-state index in [4.69, 9.17) is 4.98 Å². The highest BCUT2D eigenvalue weighted by Gasteiger charge is 2.27. The molecule has 0 saturated heterocycles. The summed E-state index contributed by atoms with van der Waals surface area (Å²) in [6.07, 6.45) is 2.51. The van der Waals surface area contributed by atoms with E-state index in [9.17, 15) is 0 Å². The van der Waals surface area contributed by atoms with Crippen molar-refractivity contribution in [3.05, 3.63) is 47.8 Å². The molecule has 0 aliphatic heterocycles. The summed E-state index contributed by atoms with van der Waals surface area (Å²) < 4.78 is 0. The first-order valence-electron chi connectivity index (χ1n) is 7.61. The second kappa shape index (κ2) is 5.82. The van der Waals surface area contributed by atoms with Gasteiger partial charge in [-0.2, -0.15) is 0 Å². The van der Waals surface area contributed by atoms with Crippen LogP contribution in [0.3, 0.4) is 0 Å². The first kappa shape index (κ1) is 14.0. The van der Waals surface area contributed by atoms with Crippen molar-refractivity contribution in [3.8, 4) is 0 Å². The van der Waals surface area contributed by atoms with Crippen molar-refractivity contribution < 1.29 is 0 Å². The normalized spacial score (nSPS) is 14.5. The maximum absolute atomic E-state index is 4.81. The number of aryl methyl sites for hydroxylation is 1. The predicted molar refractivity (Wildman–Crippen MR) is 85.6 cm³/mol. The molecule has 0 spiro atoms. The zero-order valence-electron chi connectivity index (χ0n) is 13.0. The fourth-order valence-electron chi connectivity index (χ4n) is 2.44. The maximum atomic E-state index is 4.81. The summed E-state index contributed by atoms with van der Waals surface area (Å²) in [6, 6.07) is 12.4. The summed E-state index contributed by atoms with van der Waals surface area (Å²) in [5, 5.41) is 4.24. The number of anilines is 2. The number of para-hydroxylation sites is 1. The first-order chi connectivity index (χ1) is 10.2. The second-order valence-electron chi connectivity index (χ2n) is 5.63. The number of hydrazine groups is 1. The Morgan fingerprint density at radius 2 is 1.86 bits per heavy atom. The van der Waals surface area contributed by atoms with Gasteiger partial charge in [-0.3, -0.25) is 0 Å². The SMILES string of the molecule is CCN(C)N(c1ccccc1)c1nc(C)cc(C2CC2)n1. The van der Waals surface area contributed by atoms with Crippen LogP contribution in [0.5, 0.6) is 0 Å². The van der Waals surface area contributed by atoms with E-state index >= 15 is 0 Å². The highest BCUT2D eigenvalue weighted by atomic mass is 15.6. The molecular formula is C17H22N4. The molecule has 1 aromatic carbocycles. The van der Waals surface area contributed by atoms with Gasteiger partial charge in [-0.15, -0.1) is 0 Å². The number of hydrogen-bond acceptors (Lipinski definition) is 4. The van der Waals surface area contributed by atoms with Gasteiger partial charge in [0.25, 0.3) is 0 Å². The predicted octanol–water partition coefficient (Wildman–Crippen LogP) is 3.67. The molecule has 0 amide bonds. The van der Waals surface area contributed by atoms with Crippen molar-refractivity contribution >= 4 is 11.6 Å². The van der Waals surface area contributed by atoms with Crippen LogP contribution in [0.15, 0.2) is 36.4 Å². The van der Waals surface area contributed by atoms with Crippen molar-refractivity contribution in [1.82, 2.24) is 15.0 Å². The van der Waals surface area contributed by atoms with Gasteiger partial charge in [0.05, 0.1) is 5.69 Å². The zero-order chi connectivity index (χ0) is 14.8. The Labute approximate surface area is 126 Å². The van der Waals surface area contributed by atoms with Crippen LogP contribution in [0, 0.1) is 6.92 Å². The average Bonchev–Trinajstić information content (AvgIpc) is 3.32. The van der Waals surface area contributed by atoms with Crippen LogP contribution in [0.1, 0.15) is 37.1 Å². The third-order valence-corrected chi connectivity index (χ3v) is 3.85. The zero-order valence-corrected chi connectivity index (χ0v) is 13.0. The van der Waals surface area contributed by atoms with E-state index in [-0.39, 0.29) is 0 Å². The first-order valence-corrected chi connectivity index (χ1v) is 7.61. The third kappa shape index (κ3) is 3.05. The minimum Gasteiger partial charge on any atom is -0.241 e. The van der Waals surface area contributed by atoms with E-state index in [2.05, 4.69) is 47.2 Å². The van der Waals surface area contributed by atoms with Gasteiger partial charge in [-0.05, 0) is 38.0 Å². The van der Waals surface area contributed by atoms with Crippen LogP contribution >= 0.6 is 0 Å². The number of nitrogens with zero attached hydrogens (tertiary/aromatic N) is 4. The molecule has 1 heterocycles. The average molecular weight is 282 g/mol. The molecule has 1 aliphatic carbocycles. The van der Waals surface area contributed by atoms with Crippen molar-refractivity contribution in [1.29, 1.82) is 0 Å². The quantitative estimate of drug-likeness (QED) is 0.783. The summed E-state index contributed by atoms with van der Waals surface area (Å²) in [7, 11) is 2.06. The Kier molecular flexibility index (Phi) is 3.88. The summed E-state index contributed by atoms with van der Waals surface area (Å²) in [5.74, 6) is 1.41. The molecule has 1 aliphatic rings. The Morgan fingerprint density at radius 1 is 1.14 bits per heavy atom. The highest BCUT2D eigenvalue weighted by Crippen LogP contribution is 2.40. The molecule has 1 aromatic heterocycles. The van der Waals surface area contributed by atoms with Crippen LogP contribution in [0.2, 0.25) is 0 Å². The number of rotatable bonds is 5. The summed E-state index contributed by atoms with van der Waals surface area (Å²) in [5.41, 5.74) is 3.31.